The van der Waals surface area contributed by atoms with Crippen molar-refractivity contribution >= 4 is 11.6 Å². The maximum absolute atomic E-state index is 13.1. The minimum absolute atomic E-state index is 0.207. The average molecular weight is 312 g/mol. The second kappa shape index (κ2) is 6.16. The topological polar surface area (TPSA) is 59.3 Å². The number of halogens is 1. The van der Waals surface area contributed by atoms with Crippen molar-refractivity contribution < 1.29 is 9.18 Å². The van der Waals surface area contributed by atoms with E-state index < -0.39 is 0 Å². The molecule has 0 radical (unpaired) electrons. The lowest BCUT2D eigenvalue weighted by Gasteiger charge is -2.08. The summed E-state index contributed by atoms with van der Waals surface area (Å²) in [4.78, 5) is 16.6. The minimum Gasteiger partial charge on any atom is -0.352 e. The van der Waals surface area contributed by atoms with E-state index in [0.29, 0.717) is 18.5 Å². The molecule has 0 aliphatic rings. The molecular formula is C17H17FN4O. The highest BCUT2D eigenvalue weighted by Gasteiger charge is 2.13. The van der Waals surface area contributed by atoms with E-state index in [9.17, 15) is 9.18 Å². The Morgan fingerprint density at radius 3 is 2.91 bits per heavy atom. The summed E-state index contributed by atoms with van der Waals surface area (Å²) in [6.45, 7) is 4.15. The van der Waals surface area contributed by atoms with Gasteiger partial charge in [0.2, 0.25) is 0 Å². The zero-order chi connectivity index (χ0) is 16.4. The van der Waals surface area contributed by atoms with Crippen LogP contribution in [0.3, 0.4) is 0 Å². The lowest BCUT2D eigenvalue weighted by atomic mass is 10.1. The number of carbonyl (C=O) groups excluding carboxylic acids is 1. The van der Waals surface area contributed by atoms with Gasteiger partial charge in [-0.25, -0.2) is 13.9 Å². The van der Waals surface area contributed by atoms with E-state index in [-0.39, 0.29) is 11.7 Å². The quantitative estimate of drug-likeness (QED) is 0.805. The molecule has 0 atom stereocenters. The van der Waals surface area contributed by atoms with Gasteiger partial charge in [0.25, 0.3) is 5.91 Å². The number of carbonyl (C=O) groups is 1. The molecule has 0 saturated heterocycles. The fourth-order valence-electron chi connectivity index (χ4n) is 2.49. The van der Waals surface area contributed by atoms with Crippen molar-refractivity contribution in [2.45, 2.75) is 20.3 Å². The Balaban J connectivity index is 1.69. The molecule has 2 heterocycles. The maximum Gasteiger partial charge on any atom is 0.254 e. The Labute approximate surface area is 133 Å². The van der Waals surface area contributed by atoms with E-state index in [1.165, 1.54) is 12.1 Å². The second-order valence-electron chi connectivity index (χ2n) is 5.45. The third kappa shape index (κ3) is 3.21. The summed E-state index contributed by atoms with van der Waals surface area (Å²) < 4.78 is 14.8. The Morgan fingerprint density at radius 2 is 2.13 bits per heavy atom. The van der Waals surface area contributed by atoms with Crippen LogP contribution in [0.15, 0.2) is 36.5 Å². The van der Waals surface area contributed by atoms with Gasteiger partial charge in [-0.05, 0) is 38.0 Å². The molecule has 3 aromatic rings. The first-order valence-corrected chi connectivity index (χ1v) is 7.39. The summed E-state index contributed by atoms with van der Waals surface area (Å²) in [5, 5.41) is 7.16. The Morgan fingerprint density at radius 1 is 1.30 bits per heavy atom. The predicted octanol–water partition coefficient (Wildman–Crippen LogP) is 2.46. The Bertz CT molecular complexity index is 872. The highest BCUT2D eigenvalue weighted by atomic mass is 19.1. The van der Waals surface area contributed by atoms with Crippen molar-refractivity contribution in [1.82, 2.24) is 19.9 Å². The molecule has 0 aliphatic heterocycles. The third-order valence-corrected chi connectivity index (χ3v) is 3.68. The molecule has 3 rings (SSSR count). The minimum atomic E-state index is -0.270. The monoisotopic (exact) mass is 312 g/mol. The summed E-state index contributed by atoms with van der Waals surface area (Å²) in [5.74, 6) is -0.477. The molecule has 0 fully saturated rings. The van der Waals surface area contributed by atoms with Crippen molar-refractivity contribution in [3.63, 3.8) is 0 Å². The number of nitrogens with zero attached hydrogens (tertiary/aromatic N) is 3. The van der Waals surface area contributed by atoms with Gasteiger partial charge in [0.05, 0.1) is 17.0 Å². The summed E-state index contributed by atoms with van der Waals surface area (Å²) in [6, 6.07) is 8.23. The Kier molecular flexibility index (Phi) is 4.06. The number of amides is 1. The molecular weight excluding hydrogens is 295 g/mol. The fraction of sp³-hybridized carbons (Fsp3) is 0.235. The molecule has 2 aromatic heterocycles. The zero-order valence-corrected chi connectivity index (χ0v) is 13.0. The lowest BCUT2D eigenvalue weighted by molar-refractivity contribution is 0.0952. The van der Waals surface area contributed by atoms with Crippen LogP contribution >= 0.6 is 0 Å². The first-order valence-electron chi connectivity index (χ1n) is 7.39. The van der Waals surface area contributed by atoms with Crippen LogP contribution in [-0.4, -0.2) is 27.0 Å². The predicted molar refractivity (Wildman–Crippen MR) is 84.9 cm³/mol. The van der Waals surface area contributed by atoms with E-state index >= 15 is 0 Å². The largest absolute Gasteiger partial charge is 0.352 e. The number of nitrogens with one attached hydrogen (secondary N) is 1. The van der Waals surface area contributed by atoms with E-state index in [2.05, 4.69) is 15.4 Å². The molecule has 1 N–H and O–H groups in total. The summed E-state index contributed by atoms with van der Waals surface area (Å²) in [6.07, 6.45) is 2.13. The molecule has 6 heteroatoms. The third-order valence-electron chi connectivity index (χ3n) is 3.68. The van der Waals surface area contributed by atoms with Crippen LogP contribution in [0.25, 0.3) is 5.65 Å². The van der Waals surface area contributed by atoms with E-state index in [4.69, 9.17) is 0 Å². The molecule has 0 spiro atoms. The van der Waals surface area contributed by atoms with E-state index in [1.807, 2.05) is 26.0 Å². The average Bonchev–Trinajstić information content (AvgIpc) is 2.89. The molecule has 23 heavy (non-hydrogen) atoms. The summed E-state index contributed by atoms with van der Waals surface area (Å²) >= 11 is 0. The number of aryl methyl sites for hydroxylation is 2. The fourth-order valence-corrected chi connectivity index (χ4v) is 2.49. The smallest absolute Gasteiger partial charge is 0.254 e. The summed E-state index contributed by atoms with van der Waals surface area (Å²) in [5.41, 5.74) is 3.64. The van der Waals surface area contributed by atoms with Gasteiger partial charge in [-0.1, -0.05) is 12.1 Å². The van der Waals surface area contributed by atoms with Crippen molar-refractivity contribution in [3.05, 3.63) is 64.9 Å². The molecule has 0 aliphatic carbocycles. The normalized spacial score (nSPS) is 10.9. The standard InChI is InChI=1S/C17H17FN4O/c1-11-8-16-20-10-15(12(2)22(16)21-11)17(23)19-7-6-13-4-3-5-14(18)9-13/h3-5,8-10H,6-7H2,1-2H3,(H,19,23). The van der Waals surface area contributed by atoms with Gasteiger partial charge < -0.3 is 5.32 Å². The molecule has 118 valence electrons. The SMILES string of the molecule is Cc1cc2ncc(C(=O)NCCc3cccc(F)c3)c(C)n2n1. The number of hydrogen-bond acceptors (Lipinski definition) is 3. The van der Waals surface area contributed by atoms with Gasteiger partial charge in [-0.15, -0.1) is 0 Å². The number of aromatic nitrogens is 3. The number of fused-ring (bicyclic) bond motifs is 1. The van der Waals surface area contributed by atoms with Crippen LogP contribution in [0.1, 0.15) is 27.3 Å². The van der Waals surface area contributed by atoms with E-state index in [1.54, 1.807) is 16.8 Å². The number of hydrogen-bond donors (Lipinski definition) is 1. The highest BCUT2D eigenvalue weighted by molar-refractivity contribution is 5.95. The van der Waals surface area contributed by atoms with Crippen molar-refractivity contribution in [1.29, 1.82) is 0 Å². The first kappa shape index (κ1) is 15.1. The van der Waals surface area contributed by atoms with Crippen LogP contribution in [0, 0.1) is 19.7 Å². The van der Waals surface area contributed by atoms with Gasteiger partial charge in [0.15, 0.2) is 5.65 Å². The maximum atomic E-state index is 13.1. The number of benzene rings is 1. The zero-order valence-electron chi connectivity index (χ0n) is 13.0. The van der Waals surface area contributed by atoms with Crippen LogP contribution in [-0.2, 0) is 6.42 Å². The molecule has 0 saturated carbocycles. The molecule has 5 nitrogen and oxygen atoms in total. The highest BCUT2D eigenvalue weighted by Crippen LogP contribution is 2.11. The van der Waals surface area contributed by atoms with Gasteiger partial charge >= 0.3 is 0 Å². The number of rotatable bonds is 4. The van der Waals surface area contributed by atoms with Crippen LogP contribution in [0.5, 0.6) is 0 Å². The van der Waals surface area contributed by atoms with Crippen molar-refractivity contribution in [2.75, 3.05) is 6.54 Å². The molecule has 1 aromatic carbocycles. The van der Waals surface area contributed by atoms with Crippen LogP contribution in [0.2, 0.25) is 0 Å². The second-order valence-corrected chi connectivity index (χ2v) is 5.45. The van der Waals surface area contributed by atoms with Gasteiger partial charge in [0, 0.05) is 18.8 Å². The Hall–Kier alpha value is -2.76. The molecule has 0 unspecified atom stereocenters. The van der Waals surface area contributed by atoms with Gasteiger partial charge in [0.1, 0.15) is 5.82 Å². The van der Waals surface area contributed by atoms with Crippen LogP contribution < -0.4 is 5.32 Å². The van der Waals surface area contributed by atoms with Gasteiger partial charge in [-0.3, -0.25) is 4.79 Å². The van der Waals surface area contributed by atoms with Crippen molar-refractivity contribution in [2.24, 2.45) is 0 Å². The van der Waals surface area contributed by atoms with Crippen molar-refractivity contribution in [3.8, 4) is 0 Å². The van der Waals surface area contributed by atoms with Crippen LogP contribution in [0.4, 0.5) is 4.39 Å². The molecule has 1 amide bonds. The summed E-state index contributed by atoms with van der Waals surface area (Å²) in [7, 11) is 0. The van der Waals surface area contributed by atoms with Gasteiger partial charge in [-0.2, -0.15) is 5.10 Å². The first-order chi connectivity index (χ1) is 11.0. The molecule has 0 bridgehead atoms. The lowest BCUT2D eigenvalue weighted by Crippen LogP contribution is -2.27. The van der Waals surface area contributed by atoms with E-state index in [0.717, 1.165) is 22.6 Å².